The van der Waals surface area contributed by atoms with Gasteiger partial charge in [-0.05, 0) is 24.3 Å². The fourth-order valence-electron chi connectivity index (χ4n) is 2.25. The van der Waals surface area contributed by atoms with E-state index in [1.807, 2.05) is 24.3 Å². The number of aromatic amines is 1. The number of hydrogen-bond donors (Lipinski definition) is 2. The Labute approximate surface area is 149 Å². The Balaban J connectivity index is 1.63. The van der Waals surface area contributed by atoms with Gasteiger partial charge in [0, 0.05) is 0 Å². The average molecular weight is 349 g/mol. The number of nitriles is 1. The number of rotatable bonds is 6. The predicted molar refractivity (Wildman–Crippen MR) is 94.2 cm³/mol. The van der Waals surface area contributed by atoms with Crippen LogP contribution < -0.4 is 4.74 Å². The van der Waals surface area contributed by atoms with Crippen LogP contribution in [-0.4, -0.2) is 34.3 Å². The molecule has 7 nitrogen and oxygen atoms in total. The molecule has 0 amide bonds. The Hall–Kier alpha value is -3.79. The lowest BCUT2D eigenvalue weighted by molar-refractivity contribution is -0.145. The van der Waals surface area contributed by atoms with Crippen LogP contribution in [0.4, 0.5) is 0 Å². The van der Waals surface area contributed by atoms with Gasteiger partial charge in [-0.15, -0.1) is 0 Å². The summed E-state index contributed by atoms with van der Waals surface area (Å²) in [5.41, 5.74) is 1.31. The van der Waals surface area contributed by atoms with Crippen LogP contribution in [0, 0.1) is 11.3 Å². The van der Waals surface area contributed by atoms with Crippen LogP contribution in [0.2, 0.25) is 0 Å². The van der Waals surface area contributed by atoms with Gasteiger partial charge < -0.3 is 19.6 Å². The molecule has 0 aliphatic carbocycles. The number of aliphatic hydroxyl groups is 1. The minimum Gasteiger partial charge on any atom is -0.507 e. The van der Waals surface area contributed by atoms with Crippen molar-refractivity contribution in [2.75, 3.05) is 13.2 Å². The largest absolute Gasteiger partial charge is 0.507 e. The van der Waals surface area contributed by atoms with E-state index in [0.29, 0.717) is 11.3 Å². The predicted octanol–water partition coefficient (Wildman–Crippen LogP) is 2.98. The molecule has 1 aromatic heterocycles. The molecule has 0 fully saturated rings. The van der Waals surface area contributed by atoms with Gasteiger partial charge in [0.25, 0.3) is 0 Å². The number of para-hydroxylation sites is 3. The van der Waals surface area contributed by atoms with Crippen molar-refractivity contribution in [3.8, 4) is 11.8 Å². The quantitative estimate of drug-likeness (QED) is 0.402. The highest BCUT2D eigenvalue weighted by Crippen LogP contribution is 2.18. The molecule has 2 aromatic carbocycles. The highest BCUT2D eigenvalue weighted by Gasteiger charge is 2.15. The zero-order valence-corrected chi connectivity index (χ0v) is 13.7. The molecule has 3 aromatic rings. The van der Waals surface area contributed by atoms with Gasteiger partial charge in [-0.2, -0.15) is 5.26 Å². The van der Waals surface area contributed by atoms with Gasteiger partial charge in [0.1, 0.15) is 24.0 Å². The van der Waals surface area contributed by atoms with Crippen molar-refractivity contribution in [2.24, 2.45) is 0 Å². The van der Waals surface area contributed by atoms with Crippen molar-refractivity contribution in [2.45, 2.75) is 0 Å². The normalized spacial score (nSPS) is 11.5. The molecule has 0 aliphatic rings. The number of imidazole rings is 1. The second-order valence-electron chi connectivity index (χ2n) is 5.30. The maximum atomic E-state index is 11.7. The Morgan fingerprint density at radius 3 is 2.58 bits per heavy atom. The number of aromatic nitrogens is 2. The summed E-state index contributed by atoms with van der Waals surface area (Å²) in [5, 5.41) is 19.4. The number of benzene rings is 2. The third-order valence-corrected chi connectivity index (χ3v) is 3.50. The van der Waals surface area contributed by atoms with Crippen LogP contribution in [-0.2, 0) is 9.53 Å². The summed E-state index contributed by atoms with van der Waals surface area (Å²) in [6.07, 6.45) is 0. The standard InChI is InChI=1S/C19H15N3O4/c20-10-14(19-21-15-8-4-5-9-16(15)22-19)17(23)11-26-18(24)12-25-13-6-2-1-3-7-13/h1-9,23H,11-12H2,(H,21,22)/b17-14-. The van der Waals surface area contributed by atoms with Crippen LogP contribution in [0.3, 0.4) is 0 Å². The van der Waals surface area contributed by atoms with Gasteiger partial charge in [-0.3, -0.25) is 0 Å². The molecule has 0 spiro atoms. The molecule has 0 atom stereocenters. The van der Waals surface area contributed by atoms with E-state index in [2.05, 4.69) is 9.97 Å². The number of H-pyrrole nitrogens is 1. The lowest BCUT2D eigenvalue weighted by Crippen LogP contribution is -2.16. The minimum absolute atomic E-state index is 0.0852. The monoisotopic (exact) mass is 349 g/mol. The molecule has 0 bridgehead atoms. The fraction of sp³-hybridized carbons (Fsp3) is 0.105. The summed E-state index contributed by atoms with van der Waals surface area (Å²) in [4.78, 5) is 18.9. The molecular weight excluding hydrogens is 334 g/mol. The SMILES string of the molecule is N#C/C(=C(/O)COC(=O)COc1ccccc1)c1nc2ccccc2[nH]1. The highest BCUT2D eigenvalue weighted by molar-refractivity contribution is 5.83. The lowest BCUT2D eigenvalue weighted by atomic mass is 10.2. The van der Waals surface area contributed by atoms with E-state index in [9.17, 15) is 15.2 Å². The Morgan fingerprint density at radius 1 is 1.12 bits per heavy atom. The van der Waals surface area contributed by atoms with E-state index in [-0.39, 0.29) is 23.8 Å². The number of carbonyl (C=O) groups is 1. The number of esters is 1. The lowest BCUT2D eigenvalue weighted by Gasteiger charge is -2.07. The summed E-state index contributed by atoms with van der Waals surface area (Å²) in [6.45, 7) is -0.749. The summed E-state index contributed by atoms with van der Waals surface area (Å²) in [6, 6.07) is 17.9. The summed E-state index contributed by atoms with van der Waals surface area (Å²) in [5.74, 6) is -0.311. The van der Waals surface area contributed by atoms with Crippen molar-refractivity contribution in [3.05, 3.63) is 66.2 Å². The highest BCUT2D eigenvalue weighted by atomic mass is 16.6. The van der Waals surface area contributed by atoms with Gasteiger partial charge >= 0.3 is 5.97 Å². The molecule has 7 heteroatoms. The van der Waals surface area contributed by atoms with Gasteiger partial charge in [0.05, 0.1) is 11.0 Å². The van der Waals surface area contributed by atoms with E-state index in [0.717, 1.165) is 5.52 Å². The van der Waals surface area contributed by atoms with Gasteiger partial charge in [0.15, 0.2) is 18.2 Å². The minimum atomic E-state index is -0.665. The van der Waals surface area contributed by atoms with Crippen molar-refractivity contribution in [3.63, 3.8) is 0 Å². The second-order valence-corrected chi connectivity index (χ2v) is 5.30. The first-order valence-corrected chi connectivity index (χ1v) is 7.78. The molecule has 130 valence electrons. The molecule has 0 unspecified atom stereocenters. The van der Waals surface area contributed by atoms with Crippen molar-refractivity contribution < 1.29 is 19.4 Å². The maximum Gasteiger partial charge on any atom is 0.344 e. The number of hydrogen-bond acceptors (Lipinski definition) is 6. The third kappa shape index (κ3) is 3.99. The Bertz CT molecular complexity index is 954. The van der Waals surface area contributed by atoms with E-state index in [1.165, 1.54) is 0 Å². The van der Waals surface area contributed by atoms with Crippen molar-refractivity contribution in [1.29, 1.82) is 5.26 Å². The molecule has 0 aliphatic heterocycles. The molecule has 26 heavy (non-hydrogen) atoms. The molecular formula is C19H15N3O4. The molecule has 0 saturated carbocycles. The number of allylic oxidation sites excluding steroid dienone is 1. The first-order valence-electron chi connectivity index (χ1n) is 7.78. The number of nitrogens with zero attached hydrogens (tertiary/aromatic N) is 2. The van der Waals surface area contributed by atoms with Crippen LogP contribution >= 0.6 is 0 Å². The zero-order valence-electron chi connectivity index (χ0n) is 13.7. The van der Waals surface area contributed by atoms with E-state index in [4.69, 9.17) is 9.47 Å². The number of carbonyl (C=O) groups excluding carboxylic acids is 1. The molecule has 3 rings (SSSR count). The Morgan fingerprint density at radius 2 is 1.85 bits per heavy atom. The van der Waals surface area contributed by atoms with Crippen molar-refractivity contribution in [1.82, 2.24) is 9.97 Å². The number of aliphatic hydroxyl groups excluding tert-OH is 1. The van der Waals surface area contributed by atoms with E-state index in [1.54, 1.807) is 36.4 Å². The number of nitrogens with one attached hydrogen (secondary N) is 1. The van der Waals surface area contributed by atoms with E-state index < -0.39 is 12.6 Å². The van der Waals surface area contributed by atoms with Gasteiger partial charge in [-0.1, -0.05) is 30.3 Å². The first-order chi connectivity index (χ1) is 12.7. The second kappa shape index (κ2) is 7.85. The topological polar surface area (TPSA) is 108 Å². The van der Waals surface area contributed by atoms with Crippen LogP contribution in [0.5, 0.6) is 5.75 Å². The third-order valence-electron chi connectivity index (χ3n) is 3.50. The summed E-state index contributed by atoms with van der Waals surface area (Å²) in [7, 11) is 0. The van der Waals surface area contributed by atoms with Crippen LogP contribution in [0.25, 0.3) is 16.6 Å². The van der Waals surface area contributed by atoms with Crippen molar-refractivity contribution >= 4 is 22.6 Å². The molecule has 2 N–H and O–H groups in total. The Kier molecular flexibility index (Phi) is 5.15. The maximum absolute atomic E-state index is 11.7. The molecule has 0 radical (unpaired) electrons. The van der Waals surface area contributed by atoms with Gasteiger partial charge in [-0.25, -0.2) is 9.78 Å². The summed E-state index contributed by atoms with van der Waals surface area (Å²) >= 11 is 0. The summed E-state index contributed by atoms with van der Waals surface area (Å²) < 4.78 is 10.2. The van der Waals surface area contributed by atoms with Crippen LogP contribution in [0.15, 0.2) is 60.4 Å². The average Bonchev–Trinajstić information content (AvgIpc) is 3.09. The van der Waals surface area contributed by atoms with Crippen LogP contribution in [0.1, 0.15) is 5.82 Å². The number of ether oxygens (including phenoxy) is 2. The number of fused-ring (bicyclic) bond motifs is 1. The fourth-order valence-corrected chi connectivity index (χ4v) is 2.25. The smallest absolute Gasteiger partial charge is 0.344 e. The first kappa shape index (κ1) is 17.0. The molecule has 1 heterocycles. The van der Waals surface area contributed by atoms with E-state index >= 15 is 0 Å². The molecule has 0 saturated heterocycles. The zero-order chi connectivity index (χ0) is 18.4. The van der Waals surface area contributed by atoms with Gasteiger partial charge in [0.2, 0.25) is 0 Å².